The Bertz CT molecular complexity index is 493. The Morgan fingerprint density at radius 3 is 2.38 bits per heavy atom. The van der Waals surface area contributed by atoms with Crippen LogP contribution in [0.5, 0.6) is 0 Å². The summed E-state index contributed by atoms with van der Waals surface area (Å²) in [6, 6.07) is 1.25. The van der Waals surface area contributed by atoms with Crippen molar-refractivity contribution in [2.75, 3.05) is 12.3 Å². The minimum Gasteiger partial charge on any atom is -0.339 e. The monoisotopic (exact) mass is 314 g/mol. The van der Waals surface area contributed by atoms with Gasteiger partial charge in [-0.1, -0.05) is 6.42 Å². The summed E-state index contributed by atoms with van der Waals surface area (Å²) in [7, 11) is -3.23. The first-order valence-corrected chi connectivity index (χ1v) is 10.0. The van der Waals surface area contributed by atoms with Crippen LogP contribution in [0, 0.1) is 0 Å². The molecule has 0 aromatic heterocycles. The fourth-order valence-electron chi connectivity index (χ4n) is 4.29. The second-order valence-electron chi connectivity index (χ2n) is 6.74. The van der Waals surface area contributed by atoms with Crippen LogP contribution < -0.4 is 5.32 Å². The Morgan fingerprint density at radius 2 is 1.81 bits per heavy atom. The molecule has 5 nitrogen and oxygen atoms in total. The molecule has 1 amide bonds. The molecule has 3 aliphatic rings. The minimum absolute atomic E-state index is 0.136. The van der Waals surface area contributed by atoms with Crippen LogP contribution in [-0.2, 0) is 14.6 Å². The van der Waals surface area contributed by atoms with Gasteiger partial charge in [0.05, 0.1) is 5.75 Å². The molecule has 0 radical (unpaired) electrons. The summed E-state index contributed by atoms with van der Waals surface area (Å²) in [5, 5.41) is 2.80. The molecular weight excluding hydrogens is 288 g/mol. The summed E-state index contributed by atoms with van der Waals surface area (Å²) in [5.74, 6) is 0.0434. The van der Waals surface area contributed by atoms with Crippen molar-refractivity contribution in [3.8, 4) is 0 Å². The molecule has 1 N–H and O–H groups in total. The SMILES string of the molecule is CCN(C(=O)C1CCCCS1(=O)=O)C1CC2CCC(C1)N2. The van der Waals surface area contributed by atoms with E-state index in [0.29, 0.717) is 31.5 Å². The maximum absolute atomic E-state index is 12.8. The van der Waals surface area contributed by atoms with E-state index in [1.165, 1.54) is 12.8 Å². The first-order valence-electron chi connectivity index (χ1n) is 8.29. The normalized spacial score (nSPS) is 38.1. The molecule has 6 heteroatoms. The highest BCUT2D eigenvalue weighted by Crippen LogP contribution is 2.31. The Kier molecular flexibility index (Phi) is 4.28. The lowest BCUT2D eigenvalue weighted by Crippen LogP contribution is -2.54. The van der Waals surface area contributed by atoms with Gasteiger partial charge < -0.3 is 10.2 Å². The van der Waals surface area contributed by atoms with E-state index in [9.17, 15) is 13.2 Å². The van der Waals surface area contributed by atoms with Crippen LogP contribution in [-0.4, -0.2) is 54.9 Å². The maximum atomic E-state index is 12.8. The molecule has 0 aliphatic carbocycles. The summed E-state index contributed by atoms with van der Waals surface area (Å²) in [6.07, 6.45) is 6.39. The van der Waals surface area contributed by atoms with Gasteiger partial charge in [-0.15, -0.1) is 0 Å². The van der Waals surface area contributed by atoms with Crippen LogP contribution in [0.25, 0.3) is 0 Å². The van der Waals surface area contributed by atoms with E-state index in [2.05, 4.69) is 5.32 Å². The molecule has 120 valence electrons. The van der Waals surface area contributed by atoms with E-state index in [1.54, 1.807) is 0 Å². The lowest BCUT2D eigenvalue weighted by molar-refractivity contribution is -0.133. The molecule has 0 saturated carbocycles. The number of hydrogen-bond acceptors (Lipinski definition) is 4. The first kappa shape index (κ1) is 15.3. The van der Waals surface area contributed by atoms with Gasteiger partial charge in [-0.25, -0.2) is 8.42 Å². The summed E-state index contributed by atoms with van der Waals surface area (Å²) in [4.78, 5) is 14.7. The van der Waals surface area contributed by atoms with Crippen molar-refractivity contribution in [3.05, 3.63) is 0 Å². The number of rotatable bonds is 3. The van der Waals surface area contributed by atoms with E-state index in [1.807, 2.05) is 11.8 Å². The number of sulfone groups is 1. The predicted molar refractivity (Wildman–Crippen MR) is 81.8 cm³/mol. The predicted octanol–water partition coefficient (Wildman–Crippen LogP) is 1.09. The van der Waals surface area contributed by atoms with Crippen molar-refractivity contribution in [1.82, 2.24) is 10.2 Å². The van der Waals surface area contributed by atoms with Gasteiger partial charge in [-0.05, 0) is 45.4 Å². The summed E-state index contributed by atoms with van der Waals surface area (Å²) < 4.78 is 24.4. The van der Waals surface area contributed by atoms with Crippen LogP contribution >= 0.6 is 0 Å². The van der Waals surface area contributed by atoms with Gasteiger partial charge in [-0.3, -0.25) is 4.79 Å². The standard InChI is InChI=1S/C15H26N2O3S/c1-2-17(13-9-11-6-7-12(10-13)16-11)15(18)14-5-3-4-8-21(14,19)20/h11-14,16H,2-10H2,1H3. The topological polar surface area (TPSA) is 66.5 Å². The van der Waals surface area contributed by atoms with E-state index < -0.39 is 15.1 Å². The third kappa shape index (κ3) is 2.97. The van der Waals surface area contributed by atoms with Gasteiger partial charge in [0.1, 0.15) is 5.25 Å². The third-order valence-electron chi connectivity index (χ3n) is 5.37. The smallest absolute Gasteiger partial charge is 0.241 e. The average molecular weight is 314 g/mol. The van der Waals surface area contributed by atoms with Gasteiger partial charge in [-0.2, -0.15) is 0 Å². The zero-order chi connectivity index (χ0) is 15.0. The number of hydrogen-bond donors (Lipinski definition) is 1. The maximum Gasteiger partial charge on any atom is 0.241 e. The second-order valence-corrected chi connectivity index (χ2v) is 9.04. The summed E-state index contributed by atoms with van der Waals surface area (Å²) >= 11 is 0. The van der Waals surface area contributed by atoms with Crippen molar-refractivity contribution in [3.63, 3.8) is 0 Å². The zero-order valence-electron chi connectivity index (χ0n) is 12.8. The molecule has 3 fully saturated rings. The van der Waals surface area contributed by atoms with E-state index >= 15 is 0 Å². The van der Waals surface area contributed by atoms with Crippen molar-refractivity contribution in [1.29, 1.82) is 0 Å². The van der Waals surface area contributed by atoms with Crippen LogP contribution in [0.3, 0.4) is 0 Å². The number of carbonyl (C=O) groups is 1. The van der Waals surface area contributed by atoms with Crippen LogP contribution in [0.4, 0.5) is 0 Å². The van der Waals surface area contributed by atoms with E-state index in [4.69, 9.17) is 0 Å². The number of carbonyl (C=O) groups excluding carboxylic acids is 1. The van der Waals surface area contributed by atoms with Crippen molar-refractivity contribution in [2.45, 2.75) is 75.2 Å². The highest BCUT2D eigenvalue weighted by Gasteiger charge is 2.42. The fraction of sp³-hybridized carbons (Fsp3) is 0.933. The molecule has 3 rings (SSSR count). The molecule has 3 aliphatic heterocycles. The molecule has 21 heavy (non-hydrogen) atoms. The first-order chi connectivity index (χ1) is 10.0. The number of fused-ring (bicyclic) bond motifs is 2. The number of nitrogens with one attached hydrogen (secondary N) is 1. The Morgan fingerprint density at radius 1 is 1.14 bits per heavy atom. The quantitative estimate of drug-likeness (QED) is 0.847. The zero-order valence-corrected chi connectivity index (χ0v) is 13.6. The Labute approximate surface area is 127 Å². The molecule has 3 unspecified atom stereocenters. The van der Waals surface area contributed by atoms with Gasteiger partial charge in [0, 0.05) is 24.7 Å². The molecule has 0 aromatic rings. The Hall–Kier alpha value is -0.620. The minimum atomic E-state index is -3.23. The lowest BCUT2D eigenvalue weighted by Gasteiger charge is -2.39. The van der Waals surface area contributed by atoms with E-state index in [0.717, 1.165) is 19.3 Å². The van der Waals surface area contributed by atoms with Crippen LogP contribution in [0.15, 0.2) is 0 Å². The highest BCUT2D eigenvalue weighted by atomic mass is 32.2. The molecule has 0 aromatic carbocycles. The highest BCUT2D eigenvalue weighted by molar-refractivity contribution is 7.92. The fourth-order valence-corrected chi connectivity index (χ4v) is 6.15. The largest absolute Gasteiger partial charge is 0.339 e. The van der Waals surface area contributed by atoms with Crippen molar-refractivity contribution >= 4 is 15.7 Å². The summed E-state index contributed by atoms with van der Waals surface area (Å²) in [5.41, 5.74) is 0. The molecular formula is C15H26N2O3S. The molecule has 3 saturated heterocycles. The third-order valence-corrected chi connectivity index (χ3v) is 7.53. The van der Waals surface area contributed by atoms with Crippen LogP contribution in [0.1, 0.15) is 51.9 Å². The molecule has 0 spiro atoms. The van der Waals surface area contributed by atoms with Gasteiger partial charge in [0.15, 0.2) is 9.84 Å². The van der Waals surface area contributed by atoms with E-state index in [-0.39, 0.29) is 17.7 Å². The van der Waals surface area contributed by atoms with Gasteiger partial charge in [0.2, 0.25) is 5.91 Å². The molecule has 3 atom stereocenters. The number of piperidine rings is 1. The molecule has 3 heterocycles. The number of amides is 1. The van der Waals surface area contributed by atoms with Gasteiger partial charge in [0.25, 0.3) is 0 Å². The van der Waals surface area contributed by atoms with Gasteiger partial charge >= 0.3 is 0 Å². The summed E-state index contributed by atoms with van der Waals surface area (Å²) in [6.45, 7) is 2.59. The molecule has 2 bridgehead atoms. The van der Waals surface area contributed by atoms with Crippen molar-refractivity contribution < 1.29 is 13.2 Å². The average Bonchev–Trinajstić information content (AvgIpc) is 2.78. The Balaban J connectivity index is 1.74. The van der Waals surface area contributed by atoms with Crippen LogP contribution in [0.2, 0.25) is 0 Å². The second kappa shape index (κ2) is 5.88. The lowest BCUT2D eigenvalue weighted by atomic mass is 9.97. The number of nitrogens with zero attached hydrogens (tertiary/aromatic N) is 1. The van der Waals surface area contributed by atoms with Crippen molar-refractivity contribution in [2.24, 2.45) is 0 Å².